The summed E-state index contributed by atoms with van der Waals surface area (Å²) in [6.45, 7) is 1.98. The van der Waals surface area contributed by atoms with E-state index in [9.17, 15) is 43.6 Å². The number of ketones is 1. The highest BCUT2D eigenvalue weighted by Crippen LogP contribution is 2.39. The van der Waals surface area contributed by atoms with Crippen LogP contribution in [0.3, 0.4) is 0 Å². The Kier molecular flexibility index (Phi) is 17.2. The molecule has 0 fully saturated rings. The number of hydrogen-bond acceptors (Lipinski definition) is 13. The fraction of sp³-hybridized carbons (Fsp3) is 0.140. The van der Waals surface area contributed by atoms with Crippen LogP contribution >= 0.6 is 34.5 Å². The first kappa shape index (κ1) is 50.8. The standard InChI is InChI=1S/C23H17ClF3N3O2S2.C19H12ClF3N2O3S.CO2/c1-2-5-18-30-20(21(33-18)17-10-11-28-23(24)29-17)14-7-3-6-13(19(14)27)12-34(31,32)22-15(25)8-4-9-16(22)26;20-19-24-8-7-12(25-19)9-16(26)13-4-1-3-11(17(13)23)10-29(27,28)18-14(21)5-2-6-15(18)22;2-1-3/h3-4,6-11H,2,5,12H2,1H3;1-8H,9-10H2;. The zero-order valence-corrected chi connectivity index (χ0v) is 37.6. The van der Waals surface area contributed by atoms with Crippen LogP contribution in [0.15, 0.2) is 107 Å². The van der Waals surface area contributed by atoms with E-state index in [4.69, 9.17) is 32.8 Å². The lowest BCUT2D eigenvalue weighted by molar-refractivity contribution is -0.191. The van der Waals surface area contributed by atoms with Crippen LogP contribution < -0.4 is 0 Å². The molecule has 23 heteroatoms. The molecule has 7 rings (SSSR count). The van der Waals surface area contributed by atoms with Gasteiger partial charge in [0, 0.05) is 29.1 Å². The zero-order chi connectivity index (χ0) is 48.3. The molecule has 0 aliphatic rings. The molecular weight excluding hydrogens is 980 g/mol. The smallest absolute Gasteiger partial charge is 0.294 e. The second kappa shape index (κ2) is 22.3. The minimum Gasteiger partial charge on any atom is -0.294 e. The number of aromatic nitrogens is 5. The van der Waals surface area contributed by atoms with Crippen molar-refractivity contribution < 1.29 is 57.6 Å². The lowest BCUT2D eigenvalue weighted by Gasteiger charge is -2.10. The molecule has 0 N–H and O–H groups in total. The summed E-state index contributed by atoms with van der Waals surface area (Å²) in [4.78, 5) is 47.1. The van der Waals surface area contributed by atoms with Crippen molar-refractivity contribution in [2.45, 2.75) is 47.5 Å². The van der Waals surface area contributed by atoms with Gasteiger partial charge in [0.15, 0.2) is 25.5 Å². The van der Waals surface area contributed by atoms with Crippen LogP contribution in [0, 0.1) is 34.9 Å². The third-order valence-electron chi connectivity index (χ3n) is 8.88. The largest absolute Gasteiger partial charge is 0.373 e. The van der Waals surface area contributed by atoms with Crippen LogP contribution in [-0.4, -0.2) is 53.7 Å². The van der Waals surface area contributed by atoms with E-state index in [0.29, 0.717) is 17.0 Å². The third kappa shape index (κ3) is 12.4. The molecule has 0 atom stereocenters. The molecule has 3 heterocycles. The van der Waals surface area contributed by atoms with Gasteiger partial charge in [0.1, 0.15) is 44.7 Å². The fourth-order valence-electron chi connectivity index (χ4n) is 6.12. The Bertz CT molecular complexity index is 3160. The van der Waals surface area contributed by atoms with Crippen molar-refractivity contribution in [2.24, 2.45) is 0 Å². The van der Waals surface area contributed by atoms with Crippen LogP contribution in [0.2, 0.25) is 10.6 Å². The Morgan fingerprint density at radius 1 is 0.652 bits per heavy atom. The molecule has 0 amide bonds. The van der Waals surface area contributed by atoms with Gasteiger partial charge in [-0.3, -0.25) is 4.79 Å². The minimum absolute atomic E-state index is 0.0149. The highest BCUT2D eigenvalue weighted by molar-refractivity contribution is 7.91. The molecule has 0 bridgehead atoms. The lowest BCUT2D eigenvalue weighted by Crippen LogP contribution is -2.13. The lowest BCUT2D eigenvalue weighted by atomic mass is 10.0. The molecule has 66 heavy (non-hydrogen) atoms. The second-order valence-electron chi connectivity index (χ2n) is 13.4. The number of nitrogens with zero attached hydrogens (tertiary/aromatic N) is 5. The molecule has 0 aliphatic heterocycles. The molecule has 3 aromatic heterocycles. The van der Waals surface area contributed by atoms with Gasteiger partial charge in [-0.2, -0.15) is 9.59 Å². The first-order chi connectivity index (χ1) is 31.3. The Morgan fingerprint density at radius 3 is 1.65 bits per heavy atom. The maximum absolute atomic E-state index is 15.6. The van der Waals surface area contributed by atoms with Crippen molar-refractivity contribution in [3.05, 3.63) is 170 Å². The van der Waals surface area contributed by atoms with E-state index in [1.165, 1.54) is 60.1 Å². The van der Waals surface area contributed by atoms with Gasteiger partial charge in [-0.25, -0.2) is 68.1 Å². The summed E-state index contributed by atoms with van der Waals surface area (Å²) in [7, 11) is -9.06. The summed E-state index contributed by atoms with van der Waals surface area (Å²) in [5, 5.41) is 0.678. The van der Waals surface area contributed by atoms with Crippen LogP contribution in [-0.2, 0) is 53.6 Å². The van der Waals surface area contributed by atoms with Crippen molar-refractivity contribution in [1.82, 2.24) is 24.9 Å². The van der Waals surface area contributed by atoms with E-state index in [0.717, 1.165) is 53.9 Å². The molecule has 0 spiro atoms. The molecule has 0 saturated carbocycles. The monoisotopic (exact) mass is 1010 g/mol. The number of thiazole rings is 1. The summed E-state index contributed by atoms with van der Waals surface area (Å²) in [6.07, 6.45) is 4.22. The van der Waals surface area contributed by atoms with Crippen molar-refractivity contribution in [1.29, 1.82) is 0 Å². The van der Waals surface area contributed by atoms with Gasteiger partial charge in [-0.1, -0.05) is 43.3 Å². The van der Waals surface area contributed by atoms with Crippen LogP contribution in [0.25, 0.3) is 21.8 Å². The quantitative estimate of drug-likeness (QED) is 0.0606. The van der Waals surface area contributed by atoms with Gasteiger partial charge in [0.25, 0.3) is 0 Å². The number of hydrogen-bond donors (Lipinski definition) is 0. The van der Waals surface area contributed by atoms with Crippen molar-refractivity contribution in [3.8, 4) is 21.8 Å². The molecule has 0 aliphatic carbocycles. The Labute approximate surface area is 386 Å². The molecule has 0 radical (unpaired) electrons. The van der Waals surface area contributed by atoms with E-state index in [1.54, 1.807) is 6.07 Å². The average Bonchev–Trinajstić information content (AvgIpc) is 3.66. The summed E-state index contributed by atoms with van der Waals surface area (Å²) in [5.74, 6) is -9.57. The number of aryl methyl sites for hydroxylation is 1. The SMILES string of the molecule is CCCc1nc(-c2cccc(CS(=O)(=O)c3c(F)cccc3F)c2F)c(-c2ccnc(Cl)n2)s1.O=C(Cc1ccnc(Cl)n1)c1cccc(CS(=O)(=O)c2c(F)cccc2F)c1F.O=C=O. The zero-order valence-electron chi connectivity index (χ0n) is 33.6. The molecule has 0 saturated heterocycles. The number of carbonyl (C=O) groups is 1. The van der Waals surface area contributed by atoms with Crippen molar-refractivity contribution in [2.75, 3.05) is 0 Å². The molecule has 12 nitrogen and oxygen atoms in total. The molecule has 4 aromatic carbocycles. The predicted octanol–water partition coefficient (Wildman–Crippen LogP) is 9.63. The highest BCUT2D eigenvalue weighted by Gasteiger charge is 2.29. The number of sulfone groups is 2. The first-order valence-corrected chi connectivity index (χ1v) is 23.6. The third-order valence-corrected chi connectivity index (χ3v) is 13.8. The Morgan fingerprint density at radius 2 is 1.14 bits per heavy atom. The number of Topliss-reactive ketones (excluding diaryl/α,β-unsaturated/α-hetero) is 1. The number of rotatable bonds is 13. The molecular formula is C43H29Cl2F6N5O7S3. The van der Waals surface area contributed by atoms with Gasteiger partial charge in [0.05, 0.1) is 50.5 Å². The summed E-state index contributed by atoms with van der Waals surface area (Å²) >= 11 is 12.9. The Hall–Kier alpha value is -6.22. The number of halogens is 8. The van der Waals surface area contributed by atoms with Crippen LogP contribution in [0.5, 0.6) is 0 Å². The van der Waals surface area contributed by atoms with Gasteiger partial charge in [-0.15, -0.1) is 11.3 Å². The number of carbonyl (C=O) groups excluding carboxylic acids is 3. The van der Waals surface area contributed by atoms with E-state index >= 15 is 4.39 Å². The fourth-order valence-corrected chi connectivity index (χ4v) is 10.6. The molecule has 7 aromatic rings. The summed E-state index contributed by atoms with van der Waals surface area (Å²) in [6, 6.07) is 16.2. The van der Waals surface area contributed by atoms with E-state index in [-0.39, 0.29) is 56.8 Å². The molecule has 342 valence electrons. The minimum atomic E-state index is -4.54. The van der Waals surface area contributed by atoms with Gasteiger partial charge in [0.2, 0.25) is 10.6 Å². The van der Waals surface area contributed by atoms with Gasteiger partial charge >= 0.3 is 6.15 Å². The summed E-state index contributed by atoms with van der Waals surface area (Å²) < 4.78 is 137. The summed E-state index contributed by atoms with van der Waals surface area (Å²) in [5.41, 5.74) is 0.0150. The Balaban J connectivity index is 0.000000236. The second-order valence-corrected chi connectivity index (χ2v) is 19.0. The maximum atomic E-state index is 15.6. The first-order valence-electron chi connectivity index (χ1n) is 18.7. The predicted molar refractivity (Wildman–Crippen MR) is 229 cm³/mol. The van der Waals surface area contributed by atoms with Gasteiger partial charge in [-0.05, 0) is 84.6 Å². The van der Waals surface area contributed by atoms with Crippen molar-refractivity contribution >= 4 is 66.1 Å². The van der Waals surface area contributed by atoms with Crippen LogP contribution in [0.1, 0.15) is 45.5 Å². The number of benzene rings is 4. The van der Waals surface area contributed by atoms with Crippen molar-refractivity contribution in [3.63, 3.8) is 0 Å². The van der Waals surface area contributed by atoms with E-state index in [1.807, 2.05) is 6.92 Å². The van der Waals surface area contributed by atoms with Crippen LogP contribution in [0.4, 0.5) is 26.3 Å². The average molecular weight is 1010 g/mol. The topological polar surface area (TPSA) is 184 Å². The highest BCUT2D eigenvalue weighted by atomic mass is 35.5. The normalized spacial score (nSPS) is 11.2. The van der Waals surface area contributed by atoms with Gasteiger partial charge < -0.3 is 0 Å². The molecule has 0 unspecified atom stereocenters. The van der Waals surface area contributed by atoms with E-state index < -0.39 is 81.7 Å². The van der Waals surface area contributed by atoms with E-state index in [2.05, 4.69) is 24.9 Å². The maximum Gasteiger partial charge on any atom is 0.373 e.